The van der Waals surface area contributed by atoms with E-state index < -0.39 is 5.60 Å². The average Bonchev–Trinajstić information content (AvgIpc) is 2.53. The van der Waals surface area contributed by atoms with E-state index in [9.17, 15) is 5.11 Å². The number of rotatable bonds is 3. The zero-order chi connectivity index (χ0) is 9.31. The van der Waals surface area contributed by atoms with Crippen LogP contribution in [-0.4, -0.2) is 33.7 Å². The van der Waals surface area contributed by atoms with E-state index in [4.69, 9.17) is 0 Å². The van der Waals surface area contributed by atoms with Gasteiger partial charge in [0, 0.05) is 25.1 Å². The van der Waals surface area contributed by atoms with Crippen LogP contribution in [0.25, 0.3) is 0 Å². The molecule has 1 aliphatic carbocycles. The van der Waals surface area contributed by atoms with Crippen LogP contribution in [0.3, 0.4) is 0 Å². The highest BCUT2D eigenvalue weighted by molar-refractivity contribution is 7.09. The predicted molar refractivity (Wildman–Crippen MR) is 52.0 cm³/mol. The number of hydrogen-bond donors (Lipinski definition) is 1. The maximum absolute atomic E-state index is 9.89. The first-order chi connectivity index (χ1) is 6.20. The molecule has 1 aromatic rings. The first kappa shape index (κ1) is 8.90. The van der Waals surface area contributed by atoms with E-state index in [1.807, 2.05) is 11.9 Å². The molecule has 1 N–H and O–H groups in total. The minimum Gasteiger partial charge on any atom is -0.388 e. The van der Waals surface area contributed by atoms with Gasteiger partial charge >= 0.3 is 0 Å². The Bertz CT molecular complexity index is 271. The third kappa shape index (κ3) is 1.81. The Morgan fingerprint density at radius 3 is 2.92 bits per heavy atom. The molecule has 5 heteroatoms. The second-order valence-corrected chi connectivity index (χ2v) is 4.42. The summed E-state index contributed by atoms with van der Waals surface area (Å²) in [5.74, 6) is 0. The molecule has 4 nitrogen and oxygen atoms in total. The number of likely N-dealkylation sites (N-methyl/N-ethyl adjacent to an activating group) is 1. The molecule has 0 bridgehead atoms. The summed E-state index contributed by atoms with van der Waals surface area (Å²) in [6.07, 6.45) is 4.51. The van der Waals surface area contributed by atoms with E-state index in [2.05, 4.69) is 9.36 Å². The lowest BCUT2D eigenvalue weighted by Crippen LogP contribution is -2.46. The monoisotopic (exact) mass is 199 g/mol. The topological polar surface area (TPSA) is 49.2 Å². The van der Waals surface area contributed by atoms with Crippen molar-refractivity contribution >= 4 is 16.7 Å². The zero-order valence-electron chi connectivity index (χ0n) is 7.60. The van der Waals surface area contributed by atoms with Gasteiger partial charge in [0.1, 0.15) is 6.33 Å². The molecular weight excluding hydrogens is 186 g/mol. The average molecular weight is 199 g/mol. The van der Waals surface area contributed by atoms with Crippen molar-refractivity contribution in [2.24, 2.45) is 0 Å². The third-order valence-corrected chi connectivity index (χ3v) is 3.27. The van der Waals surface area contributed by atoms with Gasteiger partial charge in [0.2, 0.25) is 5.13 Å². The molecule has 2 rings (SSSR count). The van der Waals surface area contributed by atoms with Crippen LogP contribution in [0.2, 0.25) is 0 Å². The summed E-state index contributed by atoms with van der Waals surface area (Å²) >= 11 is 1.36. The van der Waals surface area contributed by atoms with Gasteiger partial charge in [0.05, 0.1) is 5.60 Å². The first-order valence-electron chi connectivity index (χ1n) is 4.40. The summed E-state index contributed by atoms with van der Waals surface area (Å²) < 4.78 is 3.92. The van der Waals surface area contributed by atoms with Gasteiger partial charge in [0.25, 0.3) is 0 Å². The summed E-state index contributed by atoms with van der Waals surface area (Å²) in [6, 6.07) is 0. The van der Waals surface area contributed by atoms with Crippen LogP contribution in [0.15, 0.2) is 6.33 Å². The van der Waals surface area contributed by atoms with Crippen LogP contribution in [-0.2, 0) is 0 Å². The smallest absolute Gasteiger partial charge is 0.204 e. The largest absolute Gasteiger partial charge is 0.388 e. The molecule has 0 aliphatic heterocycles. The minimum atomic E-state index is -0.472. The molecule has 1 aliphatic rings. The second kappa shape index (κ2) is 3.23. The molecule has 1 heterocycles. The molecule has 1 saturated carbocycles. The van der Waals surface area contributed by atoms with E-state index >= 15 is 0 Å². The molecule has 1 fully saturated rings. The first-order valence-corrected chi connectivity index (χ1v) is 5.17. The number of aliphatic hydroxyl groups is 1. The van der Waals surface area contributed by atoms with Crippen molar-refractivity contribution in [1.29, 1.82) is 0 Å². The van der Waals surface area contributed by atoms with Crippen molar-refractivity contribution in [1.82, 2.24) is 9.36 Å². The fourth-order valence-electron chi connectivity index (χ4n) is 1.59. The maximum Gasteiger partial charge on any atom is 0.204 e. The SMILES string of the molecule is CN(CC1(O)CCC1)c1ncns1. The third-order valence-electron chi connectivity index (χ3n) is 2.49. The van der Waals surface area contributed by atoms with Gasteiger partial charge in [-0.25, -0.2) is 4.98 Å². The Morgan fingerprint density at radius 1 is 1.69 bits per heavy atom. The standard InChI is InChI=1S/C8H13N3OS/c1-11(7-9-6-10-13-7)5-8(12)3-2-4-8/h6,12H,2-5H2,1H3. The highest BCUT2D eigenvalue weighted by Gasteiger charge is 2.35. The van der Waals surface area contributed by atoms with E-state index in [1.165, 1.54) is 11.5 Å². The van der Waals surface area contributed by atoms with Crippen molar-refractivity contribution < 1.29 is 5.11 Å². The Labute approximate surface area is 81.4 Å². The minimum absolute atomic E-state index is 0.472. The van der Waals surface area contributed by atoms with Crippen LogP contribution in [0.4, 0.5) is 5.13 Å². The summed E-state index contributed by atoms with van der Waals surface area (Å²) in [6.45, 7) is 0.669. The van der Waals surface area contributed by atoms with Gasteiger partial charge in [-0.2, -0.15) is 4.37 Å². The summed E-state index contributed by atoms with van der Waals surface area (Å²) in [7, 11) is 1.94. The molecule has 0 radical (unpaired) electrons. The Balaban J connectivity index is 1.95. The van der Waals surface area contributed by atoms with Crippen LogP contribution >= 0.6 is 11.5 Å². The van der Waals surface area contributed by atoms with Gasteiger partial charge in [0.15, 0.2) is 0 Å². The van der Waals surface area contributed by atoms with E-state index in [0.29, 0.717) is 6.54 Å². The second-order valence-electron chi connectivity index (χ2n) is 3.66. The summed E-state index contributed by atoms with van der Waals surface area (Å²) in [5.41, 5.74) is -0.472. The van der Waals surface area contributed by atoms with E-state index in [-0.39, 0.29) is 0 Å². The summed E-state index contributed by atoms with van der Waals surface area (Å²) in [4.78, 5) is 6.05. The normalized spacial score (nSPS) is 19.5. The van der Waals surface area contributed by atoms with Gasteiger partial charge in [-0.1, -0.05) is 0 Å². The van der Waals surface area contributed by atoms with Gasteiger partial charge in [-0.05, 0) is 19.3 Å². The fourth-order valence-corrected chi connectivity index (χ4v) is 2.07. The van der Waals surface area contributed by atoms with Crippen LogP contribution in [0.5, 0.6) is 0 Å². The van der Waals surface area contributed by atoms with Crippen LogP contribution in [0.1, 0.15) is 19.3 Å². The van der Waals surface area contributed by atoms with Gasteiger partial charge < -0.3 is 10.0 Å². The Morgan fingerprint density at radius 2 is 2.46 bits per heavy atom. The lowest BCUT2D eigenvalue weighted by Gasteiger charge is -2.39. The van der Waals surface area contributed by atoms with Crippen molar-refractivity contribution in [2.45, 2.75) is 24.9 Å². The predicted octanol–water partition coefficient (Wildman–Crippen LogP) is 0.889. The zero-order valence-corrected chi connectivity index (χ0v) is 8.42. The van der Waals surface area contributed by atoms with Crippen molar-refractivity contribution in [3.8, 4) is 0 Å². The van der Waals surface area contributed by atoms with Crippen molar-refractivity contribution in [3.63, 3.8) is 0 Å². The maximum atomic E-state index is 9.89. The number of anilines is 1. The van der Waals surface area contributed by atoms with Gasteiger partial charge in [-0.3, -0.25) is 0 Å². The van der Waals surface area contributed by atoms with E-state index in [1.54, 1.807) is 6.33 Å². The fraction of sp³-hybridized carbons (Fsp3) is 0.750. The molecule has 1 aromatic heterocycles. The lowest BCUT2D eigenvalue weighted by atomic mass is 9.80. The van der Waals surface area contributed by atoms with Gasteiger partial charge in [-0.15, -0.1) is 0 Å². The molecule has 0 amide bonds. The molecule has 13 heavy (non-hydrogen) atoms. The van der Waals surface area contributed by atoms with Crippen molar-refractivity contribution in [2.75, 3.05) is 18.5 Å². The van der Waals surface area contributed by atoms with Crippen LogP contribution in [0, 0.1) is 0 Å². The van der Waals surface area contributed by atoms with Crippen LogP contribution < -0.4 is 4.90 Å². The molecule has 0 aromatic carbocycles. The molecule has 72 valence electrons. The van der Waals surface area contributed by atoms with Crippen molar-refractivity contribution in [3.05, 3.63) is 6.33 Å². The lowest BCUT2D eigenvalue weighted by molar-refractivity contribution is -0.0247. The Hall–Kier alpha value is -0.680. The molecule has 0 saturated heterocycles. The molecule has 0 unspecified atom stereocenters. The molecular formula is C8H13N3OS. The quantitative estimate of drug-likeness (QED) is 0.785. The Kier molecular flexibility index (Phi) is 2.21. The summed E-state index contributed by atoms with van der Waals surface area (Å²) in [5, 5.41) is 10.8. The number of hydrogen-bond acceptors (Lipinski definition) is 5. The molecule has 0 atom stereocenters. The highest BCUT2D eigenvalue weighted by atomic mass is 32.1. The molecule has 0 spiro atoms. The van der Waals surface area contributed by atoms with E-state index in [0.717, 1.165) is 24.4 Å². The number of nitrogens with zero attached hydrogens (tertiary/aromatic N) is 3. The highest BCUT2D eigenvalue weighted by Crippen LogP contribution is 2.33. The number of aromatic nitrogens is 2.